The first kappa shape index (κ1) is 14.8. The lowest BCUT2D eigenvalue weighted by Crippen LogP contribution is -2.49. The molecule has 0 aromatic heterocycles. The number of urea groups is 1. The van der Waals surface area contributed by atoms with E-state index in [0.717, 1.165) is 0 Å². The van der Waals surface area contributed by atoms with Crippen LogP contribution < -0.4 is 11.1 Å². The molecule has 0 radical (unpaired) electrons. The number of carbonyl (C=O) groups is 3. The summed E-state index contributed by atoms with van der Waals surface area (Å²) in [6.45, 7) is 2.09. The monoisotopic (exact) mass is 241 g/mol. The number of nitrogens with two attached hydrogens (primary N) is 1. The number of terminal acetylenes is 1. The Morgan fingerprint density at radius 2 is 2.12 bits per heavy atom. The average Bonchev–Trinajstić information content (AvgIpc) is 2.23. The summed E-state index contributed by atoms with van der Waals surface area (Å²) in [5.74, 6) is 0.136. The number of hydrogen-bond donors (Lipinski definition) is 3. The van der Waals surface area contributed by atoms with E-state index in [1.54, 1.807) is 6.92 Å². The number of nitrogens with zero attached hydrogens (tertiary/aromatic N) is 1. The van der Waals surface area contributed by atoms with E-state index < -0.39 is 30.4 Å². The third-order valence-corrected chi connectivity index (χ3v) is 1.95. The fourth-order valence-corrected chi connectivity index (χ4v) is 1.08. The number of rotatable bonds is 6. The van der Waals surface area contributed by atoms with Crippen molar-refractivity contribution in [2.45, 2.75) is 19.4 Å². The van der Waals surface area contributed by atoms with E-state index in [4.69, 9.17) is 17.3 Å². The molecule has 0 bridgehead atoms. The fourth-order valence-electron chi connectivity index (χ4n) is 1.08. The number of carboxylic acid groups (broad SMARTS) is 1. The summed E-state index contributed by atoms with van der Waals surface area (Å²) >= 11 is 0. The van der Waals surface area contributed by atoms with E-state index in [-0.39, 0.29) is 6.54 Å². The summed E-state index contributed by atoms with van der Waals surface area (Å²) in [6, 6.07) is -1.98. The molecule has 0 aromatic rings. The molecule has 7 heteroatoms. The molecule has 0 aromatic carbocycles. The largest absolute Gasteiger partial charge is 0.480 e. The van der Waals surface area contributed by atoms with Gasteiger partial charge in [-0.3, -0.25) is 4.79 Å². The molecule has 0 spiro atoms. The SMILES string of the molecule is C#CCN(CC)C(=O)N[C@@H](CC(N)=O)C(=O)O. The van der Waals surface area contributed by atoms with Crippen LogP contribution in [0.15, 0.2) is 0 Å². The highest BCUT2D eigenvalue weighted by Gasteiger charge is 2.23. The van der Waals surface area contributed by atoms with Gasteiger partial charge in [-0.1, -0.05) is 5.92 Å². The minimum atomic E-state index is -1.34. The molecule has 7 nitrogen and oxygen atoms in total. The van der Waals surface area contributed by atoms with Crippen LogP contribution in [-0.2, 0) is 9.59 Å². The number of primary amides is 1. The zero-order valence-electron chi connectivity index (χ0n) is 9.47. The Labute approximate surface area is 99.0 Å². The standard InChI is InChI=1S/C10H15N3O4/c1-3-5-13(4-2)10(17)12-7(9(15)16)6-8(11)14/h1,7H,4-6H2,2H3,(H2,11,14)(H,12,17)(H,15,16)/t7-/m0/s1. The fraction of sp³-hybridized carbons (Fsp3) is 0.500. The van der Waals surface area contributed by atoms with E-state index in [1.165, 1.54) is 4.90 Å². The second-order valence-corrected chi connectivity index (χ2v) is 3.23. The van der Waals surface area contributed by atoms with Gasteiger partial charge in [-0.2, -0.15) is 0 Å². The Bertz CT molecular complexity index is 348. The van der Waals surface area contributed by atoms with Gasteiger partial charge in [0.05, 0.1) is 13.0 Å². The molecule has 17 heavy (non-hydrogen) atoms. The van der Waals surface area contributed by atoms with Gasteiger partial charge in [0.1, 0.15) is 6.04 Å². The minimum Gasteiger partial charge on any atom is -0.480 e. The third kappa shape index (κ3) is 5.41. The molecular formula is C10H15N3O4. The number of nitrogens with one attached hydrogen (secondary N) is 1. The van der Waals surface area contributed by atoms with Crippen molar-refractivity contribution in [2.24, 2.45) is 5.73 Å². The van der Waals surface area contributed by atoms with Crippen LogP contribution in [0.25, 0.3) is 0 Å². The maximum Gasteiger partial charge on any atom is 0.326 e. The minimum absolute atomic E-state index is 0.0608. The molecule has 0 fully saturated rings. The normalized spacial score (nSPS) is 11.1. The van der Waals surface area contributed by atoms with E-state index in [1.807, 2.05) is 0 Å². The topological polar surface area (TPSA) is 113 Å². The molecule has 4 N–H and O–H groups in total. The van der Waals surface area contributed by atoms with Crippen LogP contribution in [0.3, 0.4) is 0 Å². The Balaban J connectivity index is 4.54. The van der Waals surface area contributed by atoms with Gasteiger partial charge < -0.3 is 21.1 Å². The quantitative estimate of drug-likeness (QED) is 0.516. The van der Waals surface area contributed by atoms with E-state index >= 15 is 0 Å². The van der Waals surface area contributed by atoms with E-state index in [9.17, 15) is 14.4 Å². The number of carbonyl (C=O) groups excluding carboxylic acids is 2. The highest BCUT2D eigenvalue weighted by atomic mass is 16.4. The zero-order chi connectivity index (χ0) is 13.4. The van der Waals surface area contributed by atoms with E-state index in [2.05, 4.69) is 11.2 Å². The molecule has 0 aliphatic rings. The van der Waals surface area contributed by atoms with Gasteiger partial charge in [0.15, 0.2) is 0 Å². The second kappa shape index (κ2) is 7.11. The van der Waals surface area contributed by atoms with Gasteiger partial charge >= 0.3 is 12.0 Å². The lowest BCUT2D eigenvalue weighted by molar-refractivity contribution is -0.140. The molecule has 0 aliphatic heterocycles. The third-order valence-electron chi connectivity index (χ3n) is 1.95. The maximum atomic E-state index is 11.6. The van der Waals surface area contributed by atoms with Crippen LogP contribution in [0.2, 0.25) is 0 Å². The van der Waals surface area contributed by atoms with Gasteiger partial charge in [0, 0.05) is 6.54 Å². The predicted molar refractivity (Wildman–Crippen MR) is 59.8 cm³/mol. The molecule has 1 atom stereocenters. The molecule has 0 saturated heterocycles. The molecule has 0 unspecified atom stereocenters. The smallest absolute Gasteiger partial charge is 0.326 e. The maximum absolute atomic E-state index is 11.6. The lowest BCUT2D eigenvalue weighted by Gasteiger charge is -2.21. The van der Waals surface area contributed by atoms with Crippen molar-refractivity contribution in [3.05, 3.63) is 0 Å². The highest BCUT2D eigenvalue weighted by molar-refractivity contribution is 5.87. The highest BCUT2D eigenvalue weighted by Crippen LogP contribution is 1.95. The van der Waals surface area contributed by atoms with Crippen molar-refractivity contribution < 1.29 is 19.5 Å². The van der Waals surface area contributed by atoms with Gasteiger partial charge in [-0.15, -0.1) is 6.42 Å². The summed E-state index contributed by atoms with van der Waals surface area (Å²) < 4.78 is 0. The summed E-state index contributed by atoms with van der Waals surface area (Å²) in [6.07, 6.45) is 4.59. The number of amides is 3. The van der Waals surface area contributed by atoms with Gasteiger partial charge in [0.25, 0.3) is 0 Å². The molecule has 94 valence electrons. The summed E-state index contributed by atoms with van der Waals surface area (Å²) in [4.78, 5) is 34.2. The van der Waals surface area contributed by atoms with Crippen molar-refractivity contribution in [3.8, 4) is 12.3 Å². The Morgan fingerprint density at radius 3 is 2.47 bits per heavy atom. The van der Waals surface area contributed by atoms with Crippen LogP contribution in [0.4, 0.5) is 4.79 Å². The van der Waals surface area contributed by atoms with Crippen LogP contribution >= 0.6 is 0 Å². The molecule has 0 heterocycles. The van der Waals surface area contributed by atoms with Gasteiger partial charge in [0.2, 0.25) is 5.91 Å². The number of carboxylic acids is 1. The first-order chi connectivity index (χ1) is 7.92. The Kier molecular flexibility index (Phi) is 6.18. The van der Waals surface area contributed by atoms with Crippen molar-refractivity contribution in [2.75, 3.05) is 13.1 Å². The molecule has 3 amide bonds. The predicted octanol–water partition coefficient (Wildman–Crippen LogP) is -1.02. The summed E-state index contributed by atoms with van der Waals surface area (Å²) in [5, 5.41) is 10.9. The van der Waals surface area contributed by atoms with Crippen molar-refractivity contribution in [3.63, 3.8) is 0 Å². The Hall–Kier alpha value is -2.23. The van der Waals surface area contributed by atoms with Crippen molar-refractivity contribution >= 4 is 17.9 Å². The summed E-state index contributed by atoms with van der Waals surface area (Å²) in [5.41, 5.74) is 4.87. The average molecular weight is 241 g/mol. The first-order valence-electron chi connectivity index (χ1n) is 4.92. The Morgan fingerprint density at radius 1 is 1.53 bits per heavy atom. The van der Waals surface area contributed by atoms with Crippen LogP contribution in [-0.4, -0.2) is 47.0 Å². The zero-order valence-corrected chi connectivity index (χ0v) is 9.47. The van der Waals surface area contributed by atoms with Crippen LogP contribution in [0.1, 0.15) is 13.3 Å². The molecular weight excluding hydrogens is 226 g/mol. The van der Waals surface area contributed by atoms with Crippen molar-refractivity contribution in [1.82, 2.24) is 10.2 Å². The molecule has 0 rings (SSSR count). The van der Waals surface area contributed by atoms with Gasteiger partial charge in [-0.05, 0) is 6.92 Å². The van der Waals surface area contributed by atoms with Crippen molar-refractivity contribution in [1.29, 1.82) is 0 Å². The summed E-state index contributed by atoms with van der Waals surface area (Å²) in [7, 11) is 0. The van der Waals surface area contributed by atoms with Gasteiger partial charge in [-0.25, -0.2) is 9.59 Å². The first-order valence-corrected chi connectivity index (χ1v) is 4.92. The number of hydrogen-bond acceptors (Lipinski definition) is 3. The molecule has 0 saturated carbocycles. The van der Waals surface area contributed by atoms with Crippen LogP contribution in [0, 0.1) is 12.3 Å². The second-order valence-electron chi connectivity index (χ2n) is 3.23. The molecule has 0 aliphatic carbocycles. The van der Waals surface area contributed by atoms with Crippen LogP contribution in [0.5, 0.6) is 0 Å². The van der Waals surface area contributed by atoms with E-state index in [0.29, 0.717) is 6.54 Å². The number of aliphatic carboxylic acids is 1. The lowest BCUT2D eigenvalue weighted by atomic mass is 10.2.